The summed E-state index contributed by atoms with van der Waals surface area (Å²) in [5.41, 5.74) is 9.34. The summed E-state index contributed by atoms with van der Waals surface area (Å²) in [5, 5.41) is 23.6. The summed E-state index contributed by atoms with van der Waals surface area (Å²) in [6.45, 7) is 0. The van der Waals surface area contributed by atoms with Gasteiger partial charge in [-0.1, -0.05) is 60.2 Å². The van der Waals surface area contributed by atoms with E-state index < -0.39 is 17.8 Å². The Labute approximate surface area is 177 Å². The predicted molar refractivity (Wildman–Crippen MR) is 115 cm³/mol. The molecule has 0 aliphatic rings. The molecule has 0 aliphatic heterocycles. The summed E-state index contributed by atoms with van der Waals surface area (Å²) < 4.78 is 0. The highest BCUT2D eigenvalue weighted by atomic mass is 35.5. The number of phenolic OH excluding ortho intramolecular Hbond substituents is 1. The van der Waals surface area contributed by atoms with Crippen LogP contribution in [0.25, 0.3) is 16.8 Å². The highest BCUT2D eigenvalue weighted by Gasteiger charge is 2.24. The lowest BCUT2D eigenvalue weighted by Gasteiger charge is -2.15. The molecule has 0 aliphatic carbocycles. The van der Waals surface area contributed by atoms with E-state index in [0.717, 1.165) is 16.3 Å². The lowest BCUT2D eigenvalue weighted by Crippen LogP contribution is -2.11. The van der Waals surface area contributed by atoms with Crippen molar-refractivity contribution >= 4 is 40.2 Å². The van der Waals surface area contributed by atoms with Crippen LogP contribution in [0, 0.1) is 5.53 Å². The number of carbonyl (C=O) groups excluding carboxylic acids is 1. The molecule has 0 saturated carbocycles. The molecule has 0 amide bonds. The number of carbonyl (C=O) groups is 2. The molecule has 0 bridgehead atoms. The lowest BCUT2D eigenvalue weighted by atomic mass is 9.91. The summed E-state index contributed by atoms with van der Waals surface area (Å²) in [5.74, 6) is -1.38. The first kappa shape index (κ1) is 21.2. The number of nitrogens with one attached hydrogen (secondary N) is 1. The lowest BCUT2D eigenvalue weighted by molar-refractivity contribution is -0.136. The first-order valence-electron chi connectivity index (χ1n) is 9.21. The predicted octanol–water partition coefficient (Wildman–Crippen LogP) is 6.03. The topological polar surface area (TPSA) is 111 Å². The van der Waals surface area contributed by atoms with Gasteiger partial charge in [0.2, 0.25) is 0 Å². The minimum absolute atomic E-state index is 0.0516. The van der Waals surface area contributed by atoms with Crippen LogP contribution in [-0.4, -0.2) is 22.0 Å². The van der Waals surface area contributed by atoms with E-state index in [4.69, 9.17) is 22.2 Å². The van der Waals surface area contributed by atoms with Crippen LogP contribution < -0.4 is 0 Å². The first-order valence-corrected chi connectivity index (χ1v) is 9.59. The molecule has 3 aromatic carbocycles. The molecule has 152 valence electrons. The van der Waals surface area contributed by atoms with Crippen molar-refractivity contribution in [3.8, 4) is 5.75 Å². The van der Waals surface area contributed by atoms with Gasteiger partial charge in [-0.05, 0) is 46.5 Å². The highest BCUT2D eigenvalue weighted by molar-refractivity contribution is 6.32. The third-order valence-corrected chi connectivity index (χ3v) is 5.02. The van der Waals surface area contributed by atoms with Gasteiger partial charge in [0.25, 0.3) is 0 Å². The molecule has 0 fully saturated rings. The Morgan fingerprint density at radius 1 is 1.10 bits per heavy atom. The van der Waals surface area contributed by atoms with Crippen molar-refractivity contribution in [1.29, 1.82) is 5.53 Å². The number of fused-ring (bicyclic) bond motifs is 1. The summed E-state index contributed by atoms with van der Waals surface area (Å²) in [7, 11) is 0. The van der Waals surface area contributed by atoms with Crippen molar-refractivity contribution < 1.29 is 19.8 Å². The van der Waals surface area contributed by atoms with E-state index in [1.807, 2.05) is 36.4 Å². The molecule has 1 atom stereocenters. The van der Waals surface area contributed by atoms with Crippen molar-refractivity contribution in [3.63, 3.8) is 0 Å². The number of hydrogen-bond donors (Lipinski definition) is 3. The Bertz CT molecular complexity index is 1160. The average molecular weight is 423 g/mol. The highest BCUT2D eigenvalue weighted by Crippen LogP contribution is 2.33. The van der Waals surface area contributed by atoms with Gasteiger partial charge < -0.3 is 10.2 Å². The Kier molecular flexibility index (Phi) is 6.59. The van der Waals surface area contributed by atoms with E-state index in [0.29, 0.717) is 12.0 Å². The number of hydrogen-bond acceptors (Lipinski definition) is 5. The number of benzene rings is 3. The fourth-order valence-electron chi connectivity index (χ4n) is 3.23. The Balaban J connectivity index is 2.01. The molecule has 0 heterocycles. The Morgan fingerprint density at radius 3 is 2.50 bits per heavy atom. The van der Waals surface area contributed by atoms with E-state index in [1.54, 1.807) is 12.1 Å². The van der Waals surface area contributed by atoms with Crippen LogP contribution in [0.2, 0.25) is 5.02 Å². The van der Waals surface area contributed by atoms with Crippen molar-refractivity contribution in [3.05, 3.63) is 82.4 Å². The maximum absolute atomic E-state index is 13.0. The number of rotatable bonds is 8. The zero-order valence-corrected chi connectivity index (χ0v) is 16.6. The van der Waals surface area contributed by atoms with Gasteiger partial charge in [-0.2, -0.15) is 5.11 Å². The van der Waals surface area contributed by atoms with Crippen molar-refractivity contribution in [1.82, 2.24) is 0 Å². The molecule has 6 nitrogen and oxygen atoms in total. The van der Waals surface area contributed by atoms with Gasteiger partial charge in [-0.15, -0.1) is 0 Å². The molecular formula is C23H19ClN2O4. The molecule has 3 rings (SSSR count). The zero-order valence-electron chi connectivity index (χ0n) is 15.9. The van der Waals surface area contributed by atoms with E-state index in [1.165, 1.54) is 18.2 Å². The van der Waals surface area contributed by atoms with Gasteiger partial charge in [-0.25, -0.2) is 5.53 Å². The van der Waals surface area contributed by atoms with Crippen molar-refractivity contribution in [2.45, 2.75) is 18.9 Å². The minimum atomic E-state index is -1.06. The number of phenols is 1. The van der Waals surface area contributed by atoms with E-state index in [-0.39, 0.29) is 22.8 Å². The normalized spacial score (nSPS) is 12.2. The maximum atomic E-state index is 13.0. The molecule has 0 aromatic heterocycles. The molecular weight excluding hydrogens is 404 g/mol. The summed E-state index contributed by atoms with van der Waals surface area (Å²) in [6, 6.07) is 14.1. The number of carboxylic acid groups (broad SMARTS) is 1. The largest absolute Gasteiger partial charge is 0.506 e. The standard InChI is InChI=1S/C23H19ClN2O4/c24-19-13-15(10-12-20(19)27)23(30)22(26-25)18-11-9-14(5-1-4-8-21(28)29)16-6-2-3-7-17(16)18/h1-3,5-7,9-13,22,25,27H,4,8H2,(H,28,29). The van der Waals surface area contributed by atoms with E-state index >= 15 is 0 Å². The molecule has 3 N–H and O–H groups in total. The van der Waals surface area contributed by atoms with Crippen LogP contribution in [0.4, 0.5) is 0 Å². The number of aliphatic carboxylic acids is 1. The van der Waals surface area contributed by atoms with Crippen molar-refractivity contribution in [2.75, 3.05) is 0 Å². The SMILES string of the molecule is N=NC(C(=O)c1ccc(O)c(Cl)c1)c1ccc(C=CCCC(=O)O)c2ccccc12. The molecule has 30 heavy (non-hydrogen) atoms. The fourth-order valence-corrected chi connectivity index (χ4v) is 3.41. The van der Waals surface area contributed by atoms with Crippen molar-refractivity contribution in [2.24, 2.45) is 5.11 Å². The monoisotopic (exact) mass is 422 g/mol. The first-order chi connectivity index (χ1) is 14.4. The number of halogens is 1. The Morgan fingerprint density at radius 2 is 1.83 bits per heavy atom. The third kappa shape index (κ3) is 4.55. The van der Waals surface area contributed by atoms with Gasteiger partial charge >= 0.3 is 5.97 Å². The number of ketones is 1. The number of aromatic hydroxyl groups is 1. The summed E-state index contributed by atoms with van der Waals surface area (Å²) in [6.07, 6.45) is 4.11. The fraction of sp³-hybridized carbons (Fsp3) is 0.130. The summed E-state index contributed by atoms with van der Waals surface area (Å²) >= 11 is 5.92. The van der Waals surface area contributed by atoms with Crippen LogP contribution >= 0.6 is 11.6 Å². The van der Waals surface area contributed by atoms with Gasteiger partial charge in [-0.3, -0.25) is 9.59 Å². The van der Waals surface area contributed by atoms with Gasteiger partial charge in [0.05, 0.1) is 5.02 Å². The molecule has 3 aromatic rings. The molecule has 0 saturated heterocycles. The third-order valence-electron chi connectivity index (χ3n) is 4.72. The van der Waals surface area contributed by atoms with Gasteiger partial charge in [0.1, 0.15) is 5.75 Å². The second kappa shape index (κ2) is 9.33. The van der Waals surface area contributed by atoms with Crippen LogP contribution in [-0.2, 0) is 4.79 Å². The quantitative estimate of drug-likeness (QED) is 0.304. The number of allylic oxidation sites excluding steroid dienone is 1. The molecule has 7 heteroatoms. The van der Waals surface area contributed by atoms with Crippen LogP contribution in [0.3, 0.4) is 0 Å². The average Bonchev–Trinajstić information content (AvgIpc) is 2.74. The van der Waals surface area contributed by atoms with Gasteiger partial charge in [0.15, 0.2) is 11.8 Å². The number of Topliss-reactive ketones (excluding diaryl/α,β-unsaturated/α-hetero) is 1. The molecule has 0 spiro atoms. The van der Waals surface area contributed by atoms with Crippen LogP contribution in [0.5, 0.6) is 5.75 Å². The van der Waals surface area contributed by atoms with Gasteiger partial charge in [0, 0.05) is 12.0 Å². The summed E-state index contributed by atoms with van der Waals surface area (Å²) in [4.78, 5) is 23.7. The second-order valence-corrected chi connectivity index (χ2v) is 7.09. The van der Waals surface area contributed by atoms with E-state index in [9.17, 15) is 14.7 Å². The number of carboxylic acids is 1. The second-order valence-electron chi connectivity index (χ2n) is 6.69. The molecule has 0 radical (unpaired) electrons. The smallest absolute Gasteiger partial charge is 0.303 e. The van der Waals surface area contributed by atoms with Crippen LogP contribution in [0.15, 0.2) is 65.8 Å². The maximum Gasteiger partial charge on any atom is 0.303 e. The zero-order chi connectivity index (χ0) is 21.7. The molecule has 1 unspecified atom stereocenters. The minimum Gasteiger partial charge on any atom is -0.506 e. The Hall–Kier alpha value is -3.51. The van der Waals surface area contributed by atoms with E-state index in [2.05, 4.69) is 5.11 Å². The number of nitrogens with zero attached hydrogens (tertiary/aromatic N) is 1. The van der Waals surface area contributed by atoms with Crippen LogP contribution in [0.1, 0.15) is 40.4 Å².